The third kappa shape index (κ3) is 3.95. The number of hydrogen-bond donors (Lipinski definition) is 0. The highest BCUT2D eigenvalue weighted by atomic mass is 16.2. The number of pyridine rings is 1. The number of rotatable bonds is 5. The van der Waals surface area contributed by atoms with Gasteiger partial charge in [-0.15, -0.1) is 0 Å². The van der Waals surface area contributed by atoms with Gasteiger partial charge in [0.25, 0.3) is 5.91 Å². The molecule has 0 saturated heterocycles. The Morgan fingerprint density at radius 3 is 2.51 bits per heavy atom. The zero-order chi connectivity index (χ0) is 26.7. The largest absolute Gasteiger partial charge is 0.336 e. The fourth-order valence-corrected chi connectivity index (χ4v) is 6.20. The molecular formula is C31H30N6O2. The van der Waals surface area contributed by atoms with Gasteiger partial charge < -0.3 is 9.80 Å². The number of carbonyl (C=O) groups excluding carboxylic acids is 2. The van der Waals surface area contributed by atoms with Crippen molar-refractivity contribution in [1.29, 1.82) is 5.26 Å². The molecular weight excluding hydrogens is 488 g/mol. The minimum atomic E-state index is -0.491. The first kappa shape index (κ1) is 23.8. The summed E-state index contributed by atoms with van der Waals surface area (Å²) in [7, 11) is 0. The highest BCUT2D eigenvalue weighted by Gasteiger charge is 2.46. The molecule has 1 unspecified atom stereocenters. The van der Waals surface area contributed by atoms with Crippen molar-refractivity contribution >= 4 is 11.8 Å². The zero-order valence-electron chi connectivity index (χ0n) is 21.8. The fraction of sp³-hybridized carbons (Fsp3) is 0.387. The second-order valence-electron chi connectivity index (χ2n) is 11.2. The highest BCUT2D eigenvalue weighted by molar-refractivity contribution is 5.94. The van der Waals surface area contributed by atoms with Gasteiger partial charge in [-0.2, -0.15) is 10.4 Å². The molecule has 1 aromatic carbocycles. The third-order valence-electron chi connectivity index (χ3n) is 8.81. The smallest absolute Gasteiger partial charge is 0.256 e. The van der Waals surface area contributed by atoms with Crippen molar-refractivity contribution in [3.8, 4) is 11.8 Å². The molecule has 0 radical (unpaired) electrons. The van der Waals surface area contributed by atoms with Gasteiger partial charge in [0.05, 0.1) is 45.9 Å². The van der Waals surface area contributed by atoms with Crippen LogP contribution < -0.4 is 0 Å². The number of nitrogens with zero attached hydrogens (tertiary/aromatic N) is 6. The minimum Gasteiger partial charge on any atom is -0.336 e. The Morgan fingerprint density at radius 2 is 1.87 bits per heavy atom. The first-order valence-corrected chi connectivity index (χ1v) is 13.8. The molecule has 1 atom stereocenters. The van der Waals surface area contributed by atoms with Gasteiger partial charge in [0.2, 0.25) is 5.91 Å². The lowest BCUT2D eigenvalue weighted by atomic mass is 9.94. The van der Waals surface area contributed by atoms with E-state index in [-0.39, 0.29) is 17.9 Å². The van der Waals surface area contributed by atoms with E-state index in [4.69, 9.17) is 5.10 Å². The van der Waals surface area contributed by atoms with Crippen LogP contribution in [0, 0.1) is 11.3 Å². The van der Waals surface area contributed by atoms with Gasteiger partial charge in [0, 0.05) is 44.2 Å². The summed E-state index contributed by atoms with van der Waals surface area (Å²) in [6.07, 6.45) is 8.39. The first-order chi connectivity index (χ1) is 19.0. The van der Waals surface area contributed by atoms with Gasteiger partial charge in [-0.25, -0.2) is 4.68 Å². The van der Waals surface area contributed by atoms with Gasteiger partial charge in [0.15, 0.2) is 0 Å². The predicted molar refractivity (Wildman–Crippen MR) is 144 cm³/mol. The summed E-state index contributed by atoms with van der Waals surface area (Å²) in [5, 5.41) is 14.6. The van der Waals surface area contributed by atoms with Gasteiger partial charge in [-0.05, 0) is 67.5 Å². The summed E-state index contributed by atoms with van der Waals surface area (Å²) in [6.45, 7) is 5.12. The normalized spacial score (nSPS) is 20.9. The van der Waals surface area contributed by atoms with Crippen molar-refractivity contribution in [1.82, 2.24) is 24.6 Å². The maximum Gasteiger partial charge on any atom is 0.256 e. The molecule has 2 aliphatic carbocycles. The molecule has 4 aliphatic rings. The minimum absolute atomic E-state index is 0.119. The van der Waals surface area contributed by atoms with Crippen LogP contribution in [0.5, 0.6) is 0 Å². The standard InChI is InChI=1S/C31H30N6O2/c1-2-28(38)35-15-11-24-29-25(37(34-24)23-8-5-21(6-9-23)20-3-4-20)12-16-36(26(29)18-35)30(39)22-7-10-27(33-17-22)31(19-32)13-14-31/h2,5-10,17,20,26H,1,3-4,11-16,18H2. The summed E-state index contributed by atoms with van der Waals surface area (Å²) < 4.78 is 2.05. The van der Waals surface area contributed by atoms with Gasteiger partial charge in [-0.3, -0.25) is 14.6 Å². The molecule has 8 heteroatoms. The molecule has 8 nitrogen and oxygen atoms in total. The molecule has 2 aromatic heterocycles. The molecule has 2 aliphatic heterocycles. The lowest BCUT2D eigenvalue weighted by molar-refractivity contribution is -0.126. The Kier molecular flexibility index (Phi) is 5.44. The van der Waals surface area contributed by atoms with Crippen LogP contribution in [-0.4, -0.2) is 56.0 Å². The van der Waals surface area contributed by atoms with Crippen LogP contribution in [-0.2, 0) is 23.1 Å². The average molecular weight is 519 g/mol. The Labute approximate surface area is 227 Å². The Balaban J connectivity index is 1.24. The SMILES string of the molecule is C=CC(=O)N1CCc2nn(-c3ccc(C4CC4)cc3)c3c2C(C1)N(C(=O)c1ccc(C2(C#N)CC2)nc1)CC3. The van der Waals surface area contributed by atoms with Gasteiger partial charge >= 0.3 is 0 Å². The van der Waals surface area contributed by atoms with Crippen molar-refractivity contribution in [3.05, 3.63) is 89.0 Å². The second kappa shape index (κ2) is 8.91. The Hall–Kier alpha value is -4.25. The molecule has 0 bridgehead atoms. The van der Waals surface area contributed by atoms with Crippen molar-refractivity contribution < 1.29 is 9.59 Å². The van der Waals surface area contributed by atoms with Crippen LogP contribution in [0.25, 0.3) is 5.69 Å². The van der Waals surface area contributed by atoms with E-state index in [2.05, 4.69) is 46.6 Å². The topological polar surface area (TPSA) is 95.1 Å². The number of benzene rings is 1. The highest BCUT2D eigenvalue weighted by Crippen LogP contribution is 2.46. The van der Waals surface area contributed by atoms with Crippen molar-refractivity contribution in [2.45, 2.75) is 55.9 Å². The number of amides is 2. The fourth-order valence-electron chi connectivity index (χ4n) is 6.20. The van der Waals surface area contributed by atoms with E-state index in [1.807, 2.05) is 11.0 Å². The van der Waals surface area contributed by atoms with Gasteiger partial charge in [-0.1, -0.05) is 18.7 Å². The monoisotopic (exact) mass is 518 g/mol. The van der Waals surface area contributed by atoms with Crippen LogP contribution >= 0.6 is 0 Å². The summed E-state index contributed by atoms with van der Waals surface area (Å²) >= 11 is 0. The maximum absolute atomic E-state index is 13.9. The van der Waals surface area contributed by atoms with Crippen LogP contribution in [0.1, 0.15) is 76.2 Å². The number of nitriles is 1. The summed E-state index contributed by atoms with van der Waals surface area (Å²) in [6, 6.07) is 14.4. The van der Waals surface area contributed by atoms with Crippen molar-refractivity contribution in [2.75, 3.05) is 19.6 Å². The van der Waals surface area contributed by atoms with E-state index >= 15 is 0 Å². The van der Waals surface area contributed by atoms with E-state index < -0.39 is 5.41 Å². The first-order valence-electron chi connectivity index (χ1n) is 13.8. The van der Waals surface area contributed by atoms with Crippen LogP contribution in [0.2, 0.25) is 0 Å². The van der Waals surface area contributed by atoms with E-state index in [0.717, 1.165) is 41.2 Å². The molecule has 3 aromatic rings. The predicted octanol–water partition coefficient (Wildman–Crippen LogP) is 4.01. The molecule has 2 saturated carbocycles. The van der Waals surface area contributed by atoms with Crippen LogP contribution in [0.4, 0.5) is 0 Å². The molecule has 0 N–H and O–H groups in total. The summed E-state index contributed by atoms with van der Waals surface area (Å²) in [4.78, 5) is 34.7. The summed E-state index contributed by atoms with van der Waals surface area (Å²) in [5.41, 5.74) is 6.27. The molecule has 7 rings (SSSR count). The van der Waals surface area contributed by atoms with E-state index in [0.29, 0.717) is 44.0 Å². The number of carbonyl (C=O) groups is 2. The molecule has 0 spiro atoms. The van der Waals surface area contributed by atoms with E-state index in [9.17, 15) is 14.9 Å². The van der Waals surface area contributed by atoms with Crippen molar-refractivity contribution in [3.63, 3.8) is 0 Å². The average Bonchev–Trinajstić information content (AvgIpc) is 3.91. The van der Waals surface area contributed by atoms with Crippen molar-refractivity contribution in [2.24, 2.45) is 0 Å². The molecule has 39 heavy (non-hydrogen) atoms. The maximum atomic E-state index is 13.9. The quantitative estimate of drug-likeness (QED) is 0.476. The second-order valence-corrected chi connectivity index (χ2v) is 11.2. The molecule has 4 heterocycles. The van der Waals surface area contributed by atoms with E-state index in [1.165, 1.54) is 24.5 Å². The third-order valence-corrected chi connectivity index (χ3v) is 8.81. The van der Waals surface area contributed by atoms with E-state index in [1.54, 1.807) is 17.2 Å². The number of aromatic nitrogens is 3. The zero-order valence-corrected chi connectivity index (χ0v) is 21.8. The molecule has 196 valence electrons. The Morgan fingerprint density at radius 1 is 1.08 bits per heavy atom. The Bertz CT molecular complexity index is 1520. The summed E-state index contributed by atoms with van der Waals surface area (Å²) in [5.74, 6) is 0.440. The lowest BCUT2D eigenvalue weighted by Crippen LogP contribution is -2.45. The van der Waals surface area contributed by atoms with Crippen LogP contribution in [0.15, 0.2) is 55.3 Å². The molecule has 2 fully saturated rings. The van der Waals surface area contributed by atoms with Gasteiger partial charge in [0.1, 0.15) is 0 Å². The lowest BCUT2D eigenvalue weighted by Gasteiger charge is -2.37. The number of hydrogen-bond acceptors (Lipinski definition) is 5. The molecule has 2 amide bonds. The van der Waals surface area contributed by atoms with Crippen LogP contribution in [0.3, 0.4) is 0 Å².